The molecule has 0 fully saturated rings. The lowest BCUT2D eigenvalue weighted by molar-refractivity contribution is 0.183. The highest BCUT2D eigenvalue weighted by Crippen LogP contribution is 2.28. The summed E-state index contributed by atoms with van der Waals surface area (Å²) in [6.07, 6.45) is 3.62. The summed E-state index contributed by atoms with van der Waals surface area (Å²) in [4.78, 5) is 0. The Morgan fingerprint density at radius 3 is 2.06 bits per heavy atom. The molecule has 2 aromatic carbocycles. The van der Waals surface area contributed by atoms with Crippen LogP contribution in [-0.4, -0.2) is 4.57 Å². The molecular weight excluding hydrogens is 222 g/mol. The molecule has 3 aromatic rings. The monoisotopic (exact) mass is 237 g/mol. The Bertz CT molecular complexity index is 656. The van der Waals surface area contributed by atoms with Crippen LogP contribution >= 0.6 is 0 Å². The highest BCUT2D eigenvalue weighted by Gasteiger charge is 2.08. The average molecular weight is 237 g/mol. The normalized spacial score (nSPS) is 11.6. The number of benzene rings is 2. The summed E-state index contributed by atoms with van der Waals surface area (Å²) in [6.45, 7) is 2.49. The van der Waals surface area contributed by atoms with E-state index >= 15 is 0 Å². The average Bonchev–Trinajstić information content (AvgIpc) is 2.74. The molecule has 0 atom stereocenters. The third kappa shape index (κ3) is 1.66. The summed E-state index contributed by atoms with van der Waals surface area (Å²) in [5.74, 6) is 0. The van der Waals surface area contributed by atoms with Gasteiger partial charge >= 0.3 is 0 Å². The van der Waals surface area contributed by atoms with Crippen LogP contribution in [0.2, 0.25) is 0 Å². The predicted octanol–water partition coefficient (Wildman–Crippen LogP) is 4.30. The van der Waals surface area contributed by atoms with E-state index in [0.717, 1.165) is 0 Å². The maximum absolute atomic E-state index is 5.53. The first-order valence-electron chi connectivity index (χ1n) is 6.10. The van der Waals surface area contributed by atoms with Crippen LogP contribution in [0.3, 0.4) is 0 Å². The van der Waals surface area contributed by atoms with E-state index in [1.54, 1.807) is 6.26 Å². The van der Waals surface area contributed by atoms with E-state index in [0.29, 0.717) is 6.73 Å². The fraction of sp³-hybridized carbons (Fsp3) is 0.125. The van der Waals surface area contributed by atoms with Gasteiger partial charge < -0.3 is 9.30 Å². The quantitative estimate of drug-likeness (QED) is 0.619. The van der Waals surface area contributed by atoms with Gasteiger partial charge in [0, 0.05) is 10.8 Å². The molecule has 0 aliphatic rings. The van der Waals surface area contributed by atoms with Crippen molar-refractivity contribution in [1.29, 1.82) is 0 Å². The highest BCUT2D eigenvalue weighted by atomic mass is 16.5. The van der Waals surface area contributed by atoms with Crippen LogP contribution in [0.15, 0.2) is 60.9 Å². The summed E-state index contributed by atoms with van der Waals surface area (Å²) >= 11 is 0. The molecule has 0 amide bonds. The molecule has 0 bridgehead atoms. The molecule has 90 valence electrons. The van der Waals surface area contributed by atoms with Gasteiger partial charge in [0.25, 0.3) is 0 Å². The van der Waals surface area contributed by atoms with Crippen molar-refractivity contribution in [1.82, 2.24) is 4.57 Å². The van der Waals surface area contributed by atoms with Crippen LogP contribution in [0.1, 0.15) is 6.92 Å². The number of nitrogens with zero attached hydrogens (tertiary/aromatic N) is 1. The molecule has 2 heteroatoms. The fourth-order valence-corrected chi connectivity index (χ4v) is 2.36. The van der Waals surface area contributed by atoms with Crippen molar-refractivity contribution in [3.8, 4) is 0 Å². The zero-order valence-electron chi connectivity index (χ0n) is 10.3. The van der Waals surface area contributed by atoms with Crippen LogP contribution in [-0.2, 0) is 11.5 Å². The lowest BCUT2D eigenvalue weighted by Gasteiger charge is -2.06. The maximum atomic E-state index is 5.53. The van der Waals surface area contributed by atoms with Crippen LogP contribution in [0, 0.1) is 0 Å². The number of aromatic nitrogens is 1. The molecule has 0 unspecified atom stereocenters. The van der Waals surface area contributed by atoms with Gasteiger partial charge in [0.2, 0.25) is 0 Å². The standard InChI is InChI=1S/C16H15NO/c1-2-11-18-12-17-15-9-5-3-7-13(15)14-8-4-6-10-16(14)17/h2-11H,12H2,1H3/b11-2+. The summed E-state index contributed by atoms with van der Waals surface area (Å²) in [7, 11) is 0. The number of rotatable bonds is 3. The van der Waals surface area contributed by atoms with Gasteiger partial charge in [0.15, 0.2) is 6.73 Å². The molecule has 2 nitrogen and oxygen atoms in total. The summed E-state index contributed by atoms with van der Waals surface area (Å²) in [6, 6.07) is 16.9. The molecular formula is C16H15NO. The first-order chi connectivity index (χ1) is 8.92. The summed E-state index contributed by atoms with van der Waals surface area (Å²) in [5, 5.41) is 2.55. The molecule has 0 aliphatic heterocycles. The smallest absolute Gasteiger partial charge is 0.164 e. The lowest BCUT2D eigenvalue weighted by Crippen LogP contribution is -1.98. The minimum absolute atomic E-state index is 0.540. The van der Waals surface area contributed by atoms with E-state index in [4.69, 9.17) is 4.74 Å². The van der Waals surface area contributed by atoms with E-state index < -0.39 is 0 Å². The molecule has 0 spiro atoms. The molecule has 1 heterocycles. The van der Waals surface area contributed by atoms with Crippen molar-refractivity contribution in [2.45, 2.75) is 13.7 Å². The highest BCUT2D eigenvalue weighted by molar-refractivity contribution is 6.07. The van der Waals surface area contributed by atoms with Gasteiger partial charge in [-0.05, 0) is 19.1 Å². The Kier molecular flexibility index (Phi) is 2.77. The third-order valence-electron chi connectivity index (χ3n) is 3.12. The molecule has 0 saturated carbocycles. The van der Waals surface area contributed by atoms with E-state index in [1.165, 1.54) is 21.8 Å². The van der Waals surface area contributed by atoms with E-state index in [-0.39, 0.29) is 0 Å². The summed E-state index contributed by atoms with van der Waals surface area (Å²) in [5.41, 5.74) is 2.42. The molecule has 0 N–H and O–H groups in total. The maximum Gasteiger partial charge on any atom is 0.164 e. The fourth-order valence-electron chi connectivity index (χ4n) is 2.36. The number of para-hydroxylation sites is 2. The molecule has 0 saturated heterocycles. The van der Waals surface area contributed by atoms with Crippen molar-refractivity contribution in [2.24, 2.45) is 0 Å². The Morgan fingerprint density at radius 1 is 0.944 bits per heavy atom. The van der Waals surface area contributed by atoms with Gasteiger partial charge in [-0.3, -0.25) is 0 Å². The zero-order valence-corrected chi connectivity index (χ0v) is 10.3. The van der Waals surface area contributed by atoms with E-state index in [9.17, 15) is 0 Å². The van der Waals surface area contributed by atoms with Gasteiger partial charge in [-0.15, -0.1) is 0 Å². The SMILES string of the molecule is C/C=C/OCn1c2ccccc2c2ccccc21. The lowest BCUT2D eigenvalue weighted by atomic mass is 10.2. The molecule has 0 radical (unpaired) electrons. The van der Waals surface area contributed by atoms with Crippen LogP contribution < -0.4 is 0 Å². The van der Waals surface area contributed by atoms with Crippen LogP contribution in [0.5, 0.6) is 0 Å². The van der Waals surface area contributed by atoms with E-state index in [2.05, 4.69) is 53.1 Å². The molecule has 1 aromatic heterocycles. The minimum Gasteiger partial charge on any atom is -0.481 e. The van der Waals surface area contributed by atoms with Crippen LogP contribution in [0.25, 0.3) is 21.8 Å². The Balaban J connectivity index is 2.24. The second-order valence-corrected chi connectivity index (χ2v) is 4.23. The molecule has 0 aliphatic carbocycles. The zero-order chi connectivity index (χ0) is 12.4. The number of ether oxygens (including phenoxy) is 1. The number of allylic oxidation sites excluding steroid dienone is 1. The molecule has 3 rings (SSSR count). The van der Waals surface area contributed by atoms with Gasteiger partial charge in [0.1, 0.15) is 0 Å². The van der Waals surface area contributed by atoms with E-state index in [1.807, 2.05) is 13.0 Å². The first-order valence-corrected chi connectivity index (χ1v) is 6.10. The number of fused-ring (bicyclic) bond motifs is 3. The molecule has 18 heavy (non-hydrogen) atoms. The Morgan fingerprint density at radius 2 is 1.50 bits per heavy atom. The number of hydrogen-bond acceptors (Lipinski definition) is 1. The second-order valence-electron chi connectivity index (χ2n) is 4.23. The first kappa shape index (κ1) is 10.9. The van der Waals surface area contributed by atoms with Crippen molar-refractivity contribution in [2.75, 3.05) is 0 Å². The topological polar surface area (TPSA) is 14.2 Å². The predicted molar refractivity (Wildman–Crippen MR) is 75.3 cm³/mol. The Labute approximate surface area is 106 Å². The van der Waals surface area contributed by atoms with Gasteiger partial charge in [-0.2, -0.15) is 0 Å². The van der Waals surface area contributed by atoms with Gasteiger partial charge in [0.05, 0.1) is 17.3 Å². The van der Waals surface area contributed by atoms with Crippen LogP contribution in [0.4, 0.5) is 0 Å². The third-order valence-corrected chi connectivity index (χ3v) is 3.12. The second kappa shape index (κ2) is 4.57. The van der Waals surface area contributed by atoms with Crippen molar-refractivity contribution in [3.63, 3.8) is 0 Å². The minimum atomic E-state index is 0.540. The summed E-state index contributed by atoms with van der Waals surface area (Å²) < 4.78 is 7.72. The van der Waals surface area contributed by atoms with Crippen molar-refractivity contribution in [3.05, 3.63) is 60.9 Å². The van der Waals surface area contributed by atoms with Crippen molar-refractivity contribution >= 4 is 21.8 Å². The van der Waals surface area contributed by atoms with Crippen molar-refractivity contribution < 1.29 is 4.74 Å². The van der Waals surface area contributed by atoms with Gasteiger partial charge in [-0.25, -0.2) is 0 Å². The number of hydrogen-bond donors (Lipinski definition) is 0. The van der Waals surface area contributed by atoms with Gasteiger partial charge in [-0.1, -0.05) is 42.5 Å². The Hall–Kier alpha value is -2.22. The largest absolute Gasteiger partial charge is 0.481 e.